The fourth-order valence-corrected chi connectivity index (χ4v) is 2.29. The number of aryl methyl sites for hydroxylation is 1. The lowest BCUT2D eigenvalue weighted by Gasteiger charge is -2.15. The Hall–Kier alpha value is -2.30. The molecule has 5 nitrogen and oxygen atoms in total. The maximum absolute atomic E-state index is 11.6. The van der Waals surface area contributed by atoms with Crippen LogP contribution in [0, 0.1) is 6.92 Å². The third-order valence-electron chi connectivity index (χ3n) is 3.29. The predicted molar refractivity (Wildman–Crippen MR) is 73.6 cm³/mol. The van der Waals surface area contributed by atoms with E-state index in [0.717, 1.165) is 35.9 Å². The summed E-state index contributed by atoms with van der Waals surface area (Å²) in [5.41, 5.74) is 1.69. The van der Waals surface area contributed by atoms with Crippen molar-refractivity contribution in [3.63, 3.8) is 0 Å². The van der Waals surface area contributed by atoms with Gasteiger partial charge in [0, 0.05) is 24.7 Å². The lowest BCUT2D eigenvalue weighted by Crippen LogP contribution is -2.23. The summed E-state index contributed by atoms with van der Waals surface area (Å²) in [7, 11) is 0. The molecule has 0 aliphatic carbocycles. The minimum atomic E-state index is 0.191. The van der Waals surface area contributed by atoms with Crippen LogP contribution in [0.2, 0.25) is 0 Å². The van der Waals surface area contributed by atoms with Crippen molar-refractivity contribution in [2.75, 3.05) is 11.4 Å². The second-order valence-corrected chi connectivity index (χ2v) is 4.86. The molecule has 2 aromatic rings. The highest BCUT2D eigenvalue weighted by atomic mass is 16.5. The normalized spacial score (nSPS) is 14.8. The first-order valence-corrected chi connectivity index (χ1v) is 6.68. The molecule has 2 heterocycles. The van der Waals surface area contributed by atoms with Crippen molar-refractivity contribution >= 4 is 11.6 Å². The van der Waals surface area contributed by atoms with E-state index in [9.17, 15) is 4.79 Å². The van der Waals surface area contributed by atoms with Crippen molar-refractivity contribution in [2.24, 2.45) is 0 Å². The third kappa shape index (κ3) is 2.66. The first kappa shape index (κ1) is 12.7. The average molecular weight is 272 g/mol. The molecule has 1 aliphatic rings. The molecule has 1 aromatic heterocycles. The summed E-state index contributed by atoms with van der Waals surface area (Å²) in [6.07, 6.45) is 1.58. The van der Waals surface area contributed by atoms with E-state index in [1.54, 1.807) is 0 Å². The van der Waals surface area contributed by atoms with E-state index in [-0.39, 0.29) is 5.91 Å². The van der Waals surface area contributed by atoms with Gasteiger partial charge in [0.1, 0.15) is 23.8 Å². The zero-order valence-electron chi connectivity index (χ0n) is 11.3. The summed E-state index contributed by atoms with van der Waals surface area (Å²) in [5, 5.41) is 3.87. The van der Waals surface area contributed by atoms with Crippen LogP contribution in [0.1, 0.15) is 24.3 Å². The highest BCUT2D eigenvalue weighted by Crippen LogP contribution is 2.24. The largest absolute Gasteiger partial charge is 0.487 e. The average Bonchev–Trinajstić information content (AvgIpc) is 3.06. The van der Waals surface area contributed by atoms with Crippen LogP contribution in [0.3, 0.4) is 0 Å². The summed E-state index contributed by atoms with van der Waals surface area (Å²) in [6, 6.07) is 9.40. The number of hydrogen-bond acceptors (Lipinski definition) is 4. The van der Waals surface area contributed by atoms with Gasteiger partial charge >= 0.3 is 0 Å². The Labute approximate surface area is 117 Å². The second-order valence-electron chi connectivity index (χ2n) is 4.86. The Kier molecular flexibility index (Phi) is 3.41. The van der Waals surface area contributed by atoms with Gasteiger partial charge in [-0.3, -0.25) is 4.79 Å². The van der Waals surface area contributed by atoms with Crippen molar-refractivity contribution in [2.45, 2.75) is 26.4 Å². The zero-order valence-corrected chi connectivity index (χ0v) is 11.3. The Morgan fingerprint density at radius 2 is 2.15 bits per heavy atom. The highest BCUT2D eigenvalue weighted by Gasteiger charge is 2.21. The maximum atomic E-state index is 11.6. The molecular weight excluding hydrogens is 256 g/mol. The number of hydrogen-bond donors (Lipinski definition) is 0. The van der Waals surface area contributed by atoms with Gasteiger partial charge in [-0.1, -0.05) is 5.16 Å². The van der Waals surface area contributed by atoms with E-state index in [0.29, 0.717) is 13.0 Å². The molecule has 0 bridgehead atoms. The summed E-state index contributed by atoms with van der Waals surface area (Å²) in [4.78, 5) is 13.5. The van der Waals surface area contributed by atoms with Crippen LogP contribution in [0.4, 0.5) is 5.69 Å². The first-order valence-electron chi connectivity index (χ1n) is 6.68. The molecule has 3 rings (SSSR count). The van der Waals surface area contributed by atoms with Gasteiger partial charge in [0.05, 0.1) is 0 Å². The predicted octanol–water partition coefficient (Wildman–Crippen LogP) is 2.69. The van der Waals surface area contributed by atoms with Gasteiger partial charge in [-0.2, -0.15) is 0 Å². The van der Waals surface area contributed by atoms with Crippen molar-refractivity contribution in [3.05, 3.63) is 41.8 Å². The van der Waals surface area contributed by atoms with Gasteiger partial charge in [0.2, 0.25) is 5.91 Å². The molecule has 1 aliphatic heterocycles. The van der Waals surface area contributed by atoms with Gasteiger partial charge in [0.25, 0.3) is 0 Å². The van der Waals surface area contributed by atoms with Gasteiger partial charge in [-0.15, -0.1) is 0 Å². The maximum Gasteiger partial charge on any atom is 0.227 e. The molecule has 0 saturated carbocycles. The molecule has 0 unspecified atom stereocenters. The Bertz CT molecular complexity index is 604. The van der Waals surface area contributed by atoms with Gasteiger partial charge in [0.15, 0.2) is 0 Å². The Morgan fingerprint density at radius 1 is 1.35 bits per heavy atom. The van der Waals surface area contributed by atoms with Crippen LogP contribution in [-0.4, -0.2) is 17.6 Å². The number of anilines is 1. The van der Waals surface area contributed by atoms with Crippen LogP contribution in [0.25, 0.3) is 0 Å². The van der Waals surface area contributed by atoms with E-state index in [2.05, 4.69) is 5.16 Å². The summed E-state index contributed by atoms with van der Waals surface area (Å²) in [6.45, 7) is 3.02. The van der Waals surface area contributed by atoms with Crippen molar-refractivity contribution < 1.29 is 14.1 Å². The number of carbonyl (C=O) groups excluding carboxylic acids is 1. The number of rotatable bonds is 4. The SMILES string of the molecule is Cc1cc(COc2ccc(N3CCCC3=O)cc2)no1. The first-order chi connectivity index (χ1) is 9.72. The van der Waals surface area contributed by atoms with Crippen LogP contribution in [-0.2, 0) is 11.4 Å². The van der Waals surface area contributed by atoms with Gasteiger partial charge in [-0.05, 0) is 37.6 Å². The fourth-order valence-electron chi connectivity index (χ4n) is 2.29. The van der Waals surface area contributed by atoms with E-state index in [4.69, 9.17) is 9.26 Å². The Morgan fingerprint density at radius 3 is 2.75 bits per heavy atom. The second kappa shape index (κ2) is 5.36. The van der Waals surface area contributed by atoms with Crippen LogP contribution < -0.4 is 9.64 Å². The Balaban J connectivity index is 1.62. The number of carbonyl (C=O) groups is 1. The summed E-state index contributed by atoms with van der Waals surface area (Å²) >= 11 is 0. The minimum Gasteiger partial charge on any atom is -0.487 e. The van der Waals surface area contributed by atoms with Crippen molar-refractivity contribution in [3.8, 4) is 5.75 Å². The molecule has 1 fully saturated rings. The fraction of sp³-hybridized carbons (Fsp3) is 0.333. The molecule has 0 N–H and O–H groups in total. The van der Waals surface area contributed by atoms with E-state index in [1.807, 2.05) is 42.2 Å². The minimum absolute atomic E-state index is 0.191. The number of benzene rings is 1. The van der Waals surface area contributed by atoms with E-state index >= 15 is 0 Å². The van der Waals surface area contributed by atoms with Crippen molar-refractivity contribution in [1.29, 1.82) is 0 Å². The zero-order chi connectivity index (χ0) is 13.9. The standard InChI is InChI=1S/C15H16N2O3/c1-11-9-12(16-20-11)10-19-14-6-4-13(5-7-14)17-8-2-3-15(17)18/h4-7,9H,2-3,8,10H2,1H3. The number of aromatic nitrogens is 1. The van der Waals surface area contributed by atoms with Gasteiger partial charge < -0.3 is 14.2 Å². The van der Waals surface area contributed by atoms with E-state index < -0.39 is 0 Å². The molecule has 5 heteroatoms. The third-order valence-corrected chi connectivity index (χ3v) is 3.29. The topological polar surface area (TPSA) is 55.6 Å². The lowest BCUT2D eigenvalue weighted by molar-refractivity contribution is -0.117. The molecule has 1 amide bonds. The summed E-state index contributed by atoms with van der Waals surface area (Å²) in [5.74, 6) is 1.71. The van der Waals surface area contributed by atoms with Crippen molar-refractivity contribution in [1.82, 2.24) is 5.16 Å². The molecule has 1 saturated heterocycles. The lowest BCUT2D eigenvalue weighted by atomic mass is 10.3. The molecule has 0 spiro atoms. The van der Waals surface area contributed by atoms with Crippen LogP contribution >= 0.6 is 0 Å². The molecule has 20 heavy (non-hydrogen) atoms. The molecule has 104 valence electrons. The molecular formula is C15H16N2O3. The van der Waals surface area contributed by atoms with Crippen LogP contribution in [0.5, 0.6) is 5.75 Å². The molecule has 1 aromatic carbocycles. The highest BCUT2D eigenvalue weighted by molar-refractivity contribution is 5.95. The number of ether oxygens (including phenoxy) is 1. The number of amides is 1. The molecule has 0 atom stereocenters. The van der Waals surface area contributed by atoms with E-state index in [1.165, 1.54) is 0 Å². The quantitative estimate of drug-likeness (QED) is 0.858. The monoisotopic (exact) mass is 272 g/mol. The smallest absolute Gasteiger partial charge is 0.227 e. The van der Waals surface area contributed by atoms with Crippen LogP contribution in [0.15, 0.2) is 34.9 Å². The number of nitrogens with zero attached hydrogens (tertiary/aromatic N) is 2. The van der Waals surface area contributed by atoms with Gasteiger partial charge in [-0.25, -0.2) is 0 Å². The summed E-state index contributed by atoms with van der Waals surface area (Å²) < 4.78 is 10.6. The molecule has 0 radical (unpaired) electrons.